The fourth-order valence-corrected chi connectivity index (χ4v) is 4.31. The van der Waals surface area contributed by atoms with E-state index in [4.69, 9.17) is 4.74 Å². The van der Waals surface area contributed by atoms with Crippen molar-refractivity contribution in [1.29, 1.82) is 0 Å². The van der Waals surface area contributed by atoms with Gasteiger partial charge in [0.25, 0.3) is 11.7 Å². The molecule has 128 valence electrons. The van der Waals surface area contributed by atoms with E-state index < -0.39 is 0 Å². The van der Waals surface area contributed by atoms with Gasteiger partial charge in [-0.05, 0) is 39.2 Å². The minimum absolute atomic E-state index is 0.110. The summed E-state index contributed by atoms with van der Waals surface area (Å²) in [6, 6.07) is 2.00. The lowest BCUT2D eigenvalue weighted by molar-refractivity contribution is -0.127. The first kappa shape index (κ1) is 15.5. The molecule has 4 rings (SSSR count). The summed E-state index contributed by atoms with van der Waals surface area (Å²) in [6.45, 7) is 4.67. The molecule has 2 aliphatic rings. The van der Waals surface area contributed by atoms with Crippen LogP contribution in [0, 0.1) is 12.3 Å². The molecule has 1 N–H and O–H groups in total. The highest BCUT2D eigenvalue weighted by Gasteiger charge is 2.57. The van der Waals surface area contributed by atoms with E-state index in [2.05, 4.69) is 20.4 Å². The fourth-order valence-electron chi connectivity index (χ4n) is 4.31. The summed E-state index contributed by atoms with van der Waals surface area (Å²) in [5.41, 5.74) is 1.01. The van der Waals surface area contributed by atoms with Gasteiger partial charge in [-0.3, -0.25) is 4.79 Å². The second-order valence-corrected chi connectivity index (χ2v) is 6.88. The summed E-state index contributed by atoms with van der Waals surface area (Å²) in [5.74, 6) is 0.424. The number of carbonyl (C=O) groups excluding carboxylic acids is 1. The molecular weight excluding hydrogens is 306 g/mol. The van der Waals surface area contributed by atoms with Crippen LogP contribution in [0.4, 0.5) is 0 Å². The fraction of sp³-hybridized carbons (Fsp3) is 0.647. The van der Waals surface area contributed by atoms with Gasteiger partial charge in [0.1, 0.15) is 0 Å². The summed E-state index contributed by atoms with van der Waals surface area (Å²) in [6.07, 6.45) is 7.51. The second kappa shape index (κ2) is 5.81. The molecule has 1 amide bonds. The van der Waals surface area contributed by atoms with Crippen molar-refractivity contribution >= 4 is 11.7 Å². The number of hydrogen-bond acceptors (Lipinski definition) is 5. The Morgan fingerprint density at radius 3 is 2.96 bits per heavy atom. The third-order valence-corrected chi connectivity index (χ3v) is 5.63. The average molecular weight is 329 g/mol. The van der Waals surface area contributed by atoms with Crippen molar-refractivity contribution < 1.29 is 9.53 Å². The normalized spacial score (nSPS) is 25.1. The molecule has 2 aromatic heterocycles. The smallest absolute Gasteiger partial charge is 0.291 e. The van der Waals surface area contributed by atoms with Gasteiger partial charge in [-0.25, -0.2) is 9.50 Å². The first-order valence-electron chi connectivity index (χ1n) is 8.75. The summed E-state index contributed by atoms with van der Waals surface area (Å²) >= 11 is 0. The van der Waals surface area contributed by atoms with Gasteiger partial charge >= 0.3 is 0 Å². The van der Waals surface area contributed by atoms with Crippen LogP contribution >= 0.6 is 0 Å². The number of nitrogens with one attached hydrogen (secondary N) is 1. The van der Waals surface area contributed by atoms with Gasteiger partial charge in [-0.15, -0.1) is 5.10 Å². The molecule has 0 radical (unpaired) electrons. The lowest BCUT2D eigenvalue weighted by Crippen LogP contribution is -2.63. The zero-order valence-corrected chi connectivity index (χ0v) is 14.2. The van der Waals surface area contributed by atoms with Crippen LogP contribution in [-0.4, -0.2) is 44.2 Å². The van der Waals surface area contributed by atoms with Gasteiger partial charge < -0.3 is 10.1 Å². The lowest BCUT2D eigenvalue weighted by Gasteiger charge is -2.53. The first-order valence-corrected chi connectivity index (χ1v) is 8.75. The Kier molecular flexibility index (Phi) is 3.75. The standard InChI is InChI=1S/C17H23N5O2/c1-3-24-13-10-12(17(13)7-4-5-8-17)19-15(23)14-20-16-18-9-6-11(2)22(16)21-14/h6,9,12-13H,3-5,7-8,10H2,1-2H3,(H,19,23)/t12-,13+/m1/s1. The van der Waals surface area contributed by atoms with Crippen LogP contribution in [-0.2, 0) is 4.74 Å². The summed E-state index contributed by atoms with van der Waals surface area (Å²) in [7, 11) is 0. The van der Waals surface area contributed by atoms with Gasteiger partial charge in [-0.2, -0.15) is 4.98 Å². The molecule has 2 aliphatic carbocycles. The number of rotatable bonds is 4. The van der Waals surface area contributed by atoms with Gasteiger partial charge in [-0.1, -0.05) is 12.8 Å². The largest absolute Gasteiger partial charge is 0.378 e. The van der Waals surface area contributed by atoms with Crippen molar-refractivity contribution in [3.05, 3.63) is 23.8 Å². The molecule has 2 aromatic rings. The SMILES string of the molecule is CCO[C@H]1C[C@@H](NC(=O)c2nc3nccc(C)n3n2)C12CCCC2. The molecule has 2 atom stereocenters. The zero-order valence-electron chi connectivity index (χ0n) is 14.2. The molecule has 2 saturated carbocycles. The number of amides is 1. The molecule has 2 fully saturated rings. The van der Waals surface area contributed by atoms with E-state index in [1.54, 1.807) is 10.7 Å². The van der Waals surface area contributed by atoms with Gasteiger partial charge in [0.05, 0.1) is 6.10 Å². The number of fused-ring (bicyclic) bond motifs is 1. The number of hydrogen-bond donors (Lipinski definition) is 1. The lowest BCUT2D eigenvalue weighted by atomic mass is 9.60. The quantitative estimate of drug-likeness (QED) is 0.926. The molecule has 0 aliphatic heterocycles. The van der Waals surface area contributed by atoms with Gasteiger partial charge in [0.2, 0.25) is 5.82 Å². The highest BCUT2D eigenvalue weighted by molar-refractivity contribution is 5.91. The van der Waals surface area contributed by atoms with Crippen molar-refractivity contribution in [1.82, 2.24) is 24.9 Å². The average Bonchev–Trinajstić information content (AvgIpc) is 3.23. The van der Waals surface area contributed by atoms with E-state index in [1.807, 2.05) is 19.9 Å². The Hall–Kier alpha value is -2.02. The van der Waals surface area contributed by atoms with E-state index in [1.165, 1.54) is 12.8 Å². The van der Waals surface area contributed by atoms with E-state index in [9.17, 15) is 4.79 Å². The van der Waals surface area contributed by atoms with E-state index in [0.717, 1.165) is 31.6 Å². The van der Waals surface area contributed by atoms with Crippen LogP contribution in [0.25, 0.3) is 5.78 Å². The number of nitrogens with zero attached hydrogens (tertiary/aromatic N) is 4. The predicted octanol–water partition coefficient (Wildman–Crippen LogP) is 1.90. The minimum Gasteiger partial charge on any atom is -0.378 e. The van der Waals surface area contributed by atoms with Crippen LogP contribution in [0.2, 0.25) is 0 Å². The van der Waals surface area contributed by atoms with Crippen molar-refractivity contribution in [3.63, 3.8) is 0 Å². The van der Waals surface area contributed by atoms with Crippen LogP contribution in [0.3, 0.4) is 0 Å². The van der Waals surface area contributed by atoms with Gasteiger partial charge in [0, 0.05) is 30.0 Å². The second-order valence-electron chi connectivity index (χ2n) is 6.88. The summed E-state index contributed by atoms with van der Waals surface area (Å²) in [4.78, 5) is 21.0. The molecule has 0 aromatic carbocycles. The maximum atomic E-state index is 12.6. The van der Waals surface area contributed by atoms with Crippen LogP contribution < -0.4 is 5.32 Å². The molecule has 24 heavy (non-hydrogen) atoms. The molecule has 1 spiro atoms. The molecule has 0 bridgehead atoms. The van der Waals surface area contributed by atoms with E-state index >= 15 is 0 Å². The summed E-state index contributed by atoms with van der Waals surface area (Å²) < 4.78 is 7.50. The Morgan fingerprint density at radius 2 is 2.25 bits per heavy atom. The number of ether oxygens (including phenoxy) is 1. The van der Waals surface area contributed by atoms with Crippen molar-refractivity contribution in [2.75, 3.05) is 6.61 Å². The van der Waals surface area contributed by atoms with Crippen molar-refractivity contribution in [2.24, 2.45) is 5.41 Å². The highest BCUT2D eigenvalue weighted by Crippen LogP contribution is 2.54. The summed E-state index contributed by atoms with van der Waals surface area (Å²) in [5, 5.41) is 7.44. The molecule has 7 heteroatoms. The number of carbonyl (C=O) groups is 1. The highest BCUT2D eigenvalue weighted by atomic mass is 16.5. The number of aromatic nitrogens is 4. The molecule has 0 saturated heterocycles. The molecule has 7 nitrogen and oxygen atoms in total. The van der Waals surface area contributed by atoms with E-state index in [0.29, 0.717) is 5.78 Å². The molecular formula is C17H23N5O2. The maximum Gasteiger partial charge on any atom is 0.291 e. The third kappa shape index (κ3) is 2.30. The van der Waals surface area contributed by atoms with Crippen LogP contribution in [0.1, 0.15) is 55.3 Å². The Labute approximate surface area is 140 Å². The molecule has 2 heterocycles. The zero-order chi connectivity index (χ0) is 16.7. The van der Waals surface area contributed by atoms with Crippen LogP contribution in [0.5, 0.6) is 0 Å². The maximum absolute atomic E-state index is 12.6. The third-order valence-electron chi connectivity index (χ3n) is 5.63. The minimum atomic E-state index is -0.217. The van der Waals surface area contributed by atoms with E-state index in [-0.39, 0.29) is 29.3 Å². The van der Waals surface area contributed by atoms with Crippen molar-refractivity contribution in [3.8, 4) is 0 Å². The topological polar surface area (TPSA) is 81.4 Å². The monoisotopic (exact) mass is 329 g/mol. The Balaban J connectivity index is 1.52. The number of aryl methyl sites for hydroxylation is 1. The first-order chi connectivity index (χ1) is 11.6. The predicted molar refractivity (Wildman–Crippen MR) is 87.7 cm³/mol. The Morgan fingerprint density at radius 1 is 1.46 bits per heavy atom. The molecule has 0 unspecified atom stereocenters. The van der Waals surface area contributed by atoms with Crippen molar-refractivity contribution in [2.45, 2.75) is 58.1 Å². The van der Waals surface area contributed by atoms with Gasteiger partial charge in [0.15, 0.2) is 0 Å². The Bertz CT molecular complexity index is 765. The van der Waals surface area contributed by atoms with Crippen LogP contribution in [0.15, 0.2) is 12.3 Å².